The first-order chi connectivity index (χ1) is 7.49. The van der Waals surface area contributed by atoms with E-state index in [4.69, 9.17) is 5.73 Å². The van der Waals surface area contributed by atoms with Gasteiger partial charge in [-0.2, -0.15) is 13.2 Å². The Bertz CT molecular complexity index is 330. The number of hydrogen-bond donors (Lipinski definition) is 1. The molecule has 0 aliphatic heterocycles. The van der Waals surface area contributed by atoms with Crippen LogP contribution in [0, 0.1) is 0 Å². The zero-order valence-electron chi connectivity index (χ0n) is 10.2. The number of alkyl halides is 3. The molecule has 2 unspecified atom stereocenters. The summed E-state index contributed by atoms with van der Waals surface area (Å²) in [6.07, 6.45) is -3.29. The lowest BCUT2D eigenvalue weighted by atomic mass is 10.1. The molecule has 0 aliphatic carbocycles. The van der Waals surface area contributed by atoms with Crippen LogP contribution in [0.1, 0.15) is 13.3 Å². The van der Waals surface area contributed by atoms with E-state index >= 15 is 0 Å². The summed E-state index contributed by atoms with van der Waals surface area (Å²) in [4.78, 5) is 0.954. The minimum atomic E-state index is -4.46. The van der Waals surface area contributed by atoms with Crippen LogP contribution >= 0.6 is 0 Å². The Morgan fingerprint density at radius 1 is 1.35 bits per heavy atom. The van der Waals surface area contributed by atoms with Gasteiger partial charge in [0.1, 0.15) is 15.9 Å². The zero-order valence-corrected chi connectivity index (χ0v) is 11.0. The molecule has 0 radical (unpaired) electrons. The highest BCUT2D eigenvalue weighted by molar-refractivity contribution is 7.90. The monoisotopic (exact) mass is 276 g/mol. The maximum absolute atomic E-state index is 12.8. The summed E-state index contributed by atoms with van der Waals surface area (Å²) in [5.74, 6) is -0.313. The second-order valence-corrected chi connectivity index (χ2v) is 6.43. The number of nitrogens with zero attached hydrogens (tertiary/aromatic N) is 1. The number of rotatable bonds is 6. The van der Waals surface area contributed by atoms with Crippen molar-refractivity contribution >= 4 is 9.84 Å². The van der Waals surface area contributed by atoms with Gasteiger partial charge in [0.25, 0.3) is 0 Å². The topological polar surface area (TPSA) is 63.4 Å². The third kappa shape index (κ3) is 6.23. The normalized spacial score (nSPS) is 17.2. The van der Waals surface area contributed by atoms with E-state index in [9.17, 15) is 21.6 Å². The molecule has 2 N–H and O–H groups in total. The van der Waals surface area contributed by atoms with Crippen LogP contribution in [0.3, 0.4) is 0 Å². The summed E-state index contributed by atoms with van der Waals surface area (Å²) in [6.45, 7) is 1.38. The van der Waals surface area contributed by atoms with Crippen LogP contribution in [0.5, 0.6) is 0 Å². The highest BCUT2D eigenvalue weighted by Gasteiger charge is 2.45. The molecule has 2 atom stereocenters. The Morgan fingerprint density at radius 3 is 2.12 bits per heavy atom. The van der Waals surface area contributed by atoms with Crippen LogP contribution < -0.4 is 5.73 Å². The van der Waals surface area contributed by atoms with Crippen molar-refractivity contribution in [3.8, 4) is 0 Å². The van der Waals surface area contributed by atoms with Gasteiger partial charge in [0.2, 0.25) is 0 Å². The summed E-state index contributed by atoms with van der Waals surface area (Å²) >= 11 is 0. The summed E-state index contributed by atoms with van der Waals surface area (Å²) in [7, 11) is -2.05. The van der Waals surface area contributed by atoms with E-state index in [2.05, 4.69) is 0 Å². The number of nitrogens with two attached hydrogens (primary N) is 1. The second-order valence-electron chi connectivity index (χ2n) is 4.17. The van der Waals surface area contributed by atoms with Gasteiger partial charge in [-0.05, 0) is 13.5 Å². The molecule has 8 heteroatoms. The molecule has 0 rings (SSSR count). The Kier molecular flexibility index (Phi) is 5.89. The van der Waals surface area contributed by atoms with Gasteiger partial charge >= 0.3 is 6.18 Å². The first kappa shape index (κ1) is 16.7. The first-order valence-corrected chi connectivity index (χ1v) is 7.25. The Labute approximate surface area is 99.9 Å². The predicted molar refractivity (Wildman–Crippen MR) is 60.5 cm³/mol. The highest BCUT2D eigenvalue weighted by Crippen LogP contribution is 2.26. The van der Waals surface area contributed by atoms with Crippen LogP contribution in [0.25, 0.3) is 0 Å². The third-order valence-electron chi connectivity index (χ3n) is 2.50. The maximum Gasteiger partial charge on any atom is 0.405 e. The van der Waals surface area contributed by atoms with Gasteiger partial charge in [-0.1, -0.05) is 6.92 Å². The lowest BCUT2D eigenvalue weighted by Crippen LogP contribution is -2.55. The van der Waals surface area contributed by atoms with Crippen molar-refractivity contribution in [2.75, 3.05) is 25.6 Å². The molecular weight excluding hydrogens is 257 g/mol. The van der Waals surface area contributed by atoms with Crippen LogP contribution in [0.2, 0.25) is 0 Å². The zero-order chi connectivity index (χ0) is 13.9. The number of halogens is 3. The Morgan fingerprint density at radius 2 is 1.82 bits per heavy atom. The van der Waals surface area contributed by atoms with Crippen LogP contribution in [0.4, 0.5) is 13.2 Å². The largest absolute Gasteiger partial charge is 0.405 e. The molecule has 0 saturated carbocycles. The van der Waals surface area contributed by atoms with Gasteiger partial charge in [-0.3, -0.25) is 4.90 Å². The first-order valence-electron chi connectivity index (χ1n) is 5.19. The van der Waals surface area contributed by atoms with Gasteiger partial charge in [-0.15, -0.1) is 0 Å². The fourth-order valence-electron chi connectivity index (χ4n) is 1.49. The number of hydrogen-bond acceptors (Lipinski definition) is 4. The van der Waals surface area contributed by atoms with Crippen molar-refractivity contribution in [1.29, 1.82) is 0 Å². The molecule has 0 fully saturated rings. The molecule has 0 aromatic carbocycles. The van der Waals surface area contributed by atoms with Crippen LogP contribution in [-0.4, -0.2) is 57.2 Å². The average molecular weight is 276 g/mol. The Balaban J connectivity index is 4.72. The average Bonchev–Trinajstić information content (AvgIpc) is 2.11. The van der Waals surface area contributed by atoms with Crippen molar-refractivity contribution in [1.82, 2.24) is 4.90 Å². The molecule has 0 aromatic heterocycles. The van der Waals surface area contributed by atoms with Gasteiger partial charge in [0.05, 0.1) is 5.75 Å². The second kappa shape index (κ2) is 6.01. The van der Waals surface area contributed by atoms with Gasteiger partial charge < -0.3 is 5.73 Å². The molecule has 4 nitrogen and oxygen atoms in total. The van der Waals surface area contributed by atoms with Crippen LogP contribution in [0.15, 0.2) is 0 Å². The Hall–Kier alpha value is -0.340. The van der Waals surface area contributed by atoms with E-state index in [0.717, 1.165) is 11.2 Å². The summed E-state index contributed by atoms with van der Waals surface area (Å²) < 4.78 is 60.1. The summed E-state index contributed by atoms with van der Waals surface area (Å²) in [6, 6.07) is -2.87. The maximum atomic E-state index is 12.8. The molecule has 0 saturated heterocycles. The van der Waals surface area contributed by atoms with Gasteiger partial charge in [-0.25, -0.2) is 8.42 Å². The van der Waals surface area contributed by atoms with E-state index in [1.165, 1.54) is 7.05 Å². The lowest BCUT2D eigenvalue weighted by Gasteiger charge is -2.33. The van der Waals surface area contributed by atoms with Gasteiger partial charge in [0.15, 0.2) is 0 Å². The minimum absolute atomic E-state index is 0.174. The van der Waals surface area contributed by atoms with E-state index in [1.54, 1.807) is 6.92 Å². The molecule has 0 spiro atoms. The standard InChI is InChI=1S/C9H19F3N2O2S/c1-4-7(13)8(9(10,11)12)14(2)5-6-17(3,15)16/h7-8H,4-6,13H2,1-3H3. The summed E-state index contributed by atoms with van der Waals surface area (Å²) in [5, 5.41) is 0. The fraction of sp³-hybridized carbons (Fsp3) is 1.00. The molecular formula is C9H19F3N2O2S. The SMILES string of the molecule is CCC(N)C(N(C)CCS(C)(=O)=O)C(F)(F)F. The van der Waals surface area contributed by atoms with E-state index in [1.807, 2.05) is 0 Å². The predicted octanol–water partition coefficient (Wildman–Crippen LogP) is 0.631. The minimum Gasteiger partial charge on any atom is -0.326 e. The van der Waals surface area contributed by atoms with Crippen molar-refractivity contribution < 1.29 is 21.6 Å². The lowest BCUT2D eigenvalue weighted by molar-refractivity contribution is -0.185. The molecule has 0 aromatic rings. The molecule has 0 aliphatic rings. The van der Waals surface area contributed by atoms with E-state index in [0.29, 0.717) is 0 Å². The fourth-order valence-corrected chi connectivity index (χ4v) is 2.11. The van der Waals surface area contributed by atoms with Gasteiger partial charge in [0, 0.05) is 18.8 Å². The van der Waals surface area contributed by atoms with E-state index < -0.39 is 28.1 Å². The van der Waals surface area contributed by atoms with Crippen molar-refractivity contribution in [2.24, 2.45) is 5.73 Å². The smallest absolute Gasteiger partial charge is 0.326 e. The molecule has 0 heterocycles. The van der Waals surface area contributed by atoms with Crippen molar-refractivity contribution in [2.45, 2.75) is 31.6 Å². The number of likely N-dealkylation sites (N-methyl/N-ethyl adjacent to an activating group) is 1. The number of sulfone groups is 1. The summed E-state index contributed by atoms with van der Waals surface area (Å²) in [5.41, 5.74) is 5.43. The molecule has 17 heavy (non-hydrogen) atoms. The molecule has 0 bridgehead atoms. The molecule has 0 amide bonds. The quantitative estimate of drug-likeness (QED) is 0.773. The highest BCUT2D eigenvalue weighted by atomic mass is 32.2. The molecule has 104 valence electrons. The third-order valence-corrected chi connectivity index (χ3v) is 3.43. The van der Waals surface area contributed by atoms with Crippen molar-refractivity contribution in [3.63, 3.8) is 0 Å². The van der Waals surface area contributed by atoms with Crippen LogP contribution in [-0.2, 0) is 9.84 Å². The van der Waals surface area contributed by atoms with Crippen molar-refractivity contribution in [3.05, 3.63) is 0 Å². The van der Waals surface area contributed by atoms with E-state index in [-0.39, 0.29) is 18.7 Å².